The van der Waals surface area contributed by atoms with Gasteiger partial charge in [0.25, 0.3) is 0 Å². The molecule has 152 valence electrons. The van der Waals surface area contributed by atoms with Gasteiger partial charge in [0, 0.05) is 23.5 Å². The molecule has 0 unspecified atom stereocenters. The largest absolute Gasteiger partial charge is 0.417 e. The Kier molecular flexibility index (Phi) is 5.66. The zero-order valence-corrected chi connectivity index (χ0v) is 16.7. The second-order valence-electron chi connectivity index (χ2n) is 7.37. The molecule has 0 saturated carbocycles. The van der Waals surface area contributed by atoms with Gasteiger partial charge in [0.15, 0.2) is 0 Å². The second-order valence-corrected chi connectivity index (χ2v) is 7.78. The lowest BCUT2D eigenvalue weighted by molar-refractivity contribution is -0.137. The quantitative estimate of drug-likeness (QED) is 0.527. The van der Waals surface area contributed by atoms with E-state index in [1.807, 2.05) is 26.8 Å². The first kappa shape index (κ1) is 20.9. The van der Waals surface area contributed by atoms with Crippen molar-refractivity contribution in [3.05, 3.63) is 59.2 Å². The molecule has 0 fully saturated rings. The molecule has 0 bridgehead atoms. The summed E-state index contributed by atoms with van der Waals surface area (Å²) in [6.45, 7) is 5.85. The molecule has 2 N–H and O–H groups in total. The van der Waals surface area contributed by atoms with Gasteiger partial charge in [-0.2, -0.15) is 18.2 Å². The standard InChI is InChI=1S/C20H19ClF3N5/c1-19(2,3)29-18-27-16(15-6-4-5-9-25-15)11-17(28-18)26-12-7-8-14(21)13(10-12)20(22,23)24/h4-11H,1-3H3,(H2,26,27,28,29). The number of nitrogens with one attached hydrogen (secondary N) is 2. The molecule has 0 radical (unpaired) electrons. The number of alkyl halides is 3. The minimum absolute atomic E-state index is 0.203. The Morgan fingerprint density at radius 2 is 1.69 bits per heavy atom. The minimum Gasteiger partial charge on any atom is -0.350 e. The van der Waals surface area contributed by atoms with Crippen molar-refractivity contribution in [2.75, 3.05) is 10.6 Å². The molecule has 9 heteroatoms. The van der Waals surface area contributed by atoms with E-state index in [4.69, 9.17) is 11.6 Å². The zero-order valence-electron chi connectivity index (χ0n) is 16.0. The van der Waals surface area contributed by atoms with Gasteiger partial charge >= 0.3 is 6.18 Å². The lowest BCUT2D eigenvalue weighted by Crippen LogP contribution is -2.27. The third-order valence-electron chi connectivity index (χ3n) is 3.68. The molecule has 29 heavy (non-hydrogen) atoms. The van der Waals surface area contributed by atoms with Crippen molar-refractivity contribution in [3.63, 3.8) is 0 Å². The molecule has 0 atom stereocenters. The van der Waals surface area contributed by atoms with Crippen LogP contribution in [0.2, 0.25) is 5.02 Å². The topological polar surface area (TPSA) is 62.7 Å². The number of hydrogen-bond donors (Lipinski definition) is 2. The summed E-state index contributed by atoms with van der Waals surface area (Å²) >= 11 is 5.70. The highest BCUT2D eigenvalue weighted by Crippen LogP contribution is 2.36. The van der Waals surface area contributed by atoms with Crippen molar-refractivity contribution in [2.24, 2.45) is 0 Å². The van der Waals surface area contributed by atoms with E-state index in [9.17, 15) is 13.2 Å². The molecular weight excluding hydrogens is 403 g/mol. The van der Waals surface area contributed by atoms with Gasteiger partial charge < -0.3 is 10.6 Å². The van der Waals surface area contributed by atoms with Crippen LogP contribution < -0.4 is 10.6 Å². The molecule has 0 spiro atoms. The average Bonchev–Trinajstić information content (AvgIpc) is 2.61. The first-order chi connectivity index (χ1) is 13.5. The van der Waals surface area contributed by atoms with Gasteiger partial charge in [0.05, 0.1) is 22.0 Å². The third kappa shape index (κ3) is 5.57. The average molecular weight is 422 g/mol. The van der Waals surface area contributed by atoms with E-state index in [1.165, 1.54) is 12.1 Å². The van der Waals surface area contributed by atoms with E-state index in [1.54, 1.807) is 24.4 Å². The summed E-state index contributed by atoms with van der Waals surface area (Å²) in [7, 11) is 0. The summed E-state index contributed by atoms with van der Waals surface area (Å²) in [6, 6.07) is 10.6. The summed E-state index contributed by atoms with van der Waals surface area (Å²) in [5, 5.41) is 5.71. The van der Waals surface area contributed by atoms with Gasteiger partial charge in [-0.1, -0.05) is 17.7 Å². The first-order valence-electron chi connectivity index (χ1n) is 8.74. The van der Waals surface area contributed by atoms with Crippen molar-refractivity contribution in [1.82, 2.24) is 15.0 Å². The fourth-order valence-electron chi connectivity index (χ4n) is 2.52. The van der Waals surface area contributed by atoms with E-state index in [-0.39, 0.29) is 16.2 Å². The van der Waals surface area contributed by atoms with Crippen LogP contribution in [-0.2, 0) is 6.18 Å². The van der Waals surface area contributed by atoms with Crippen LogP contribution in [0, 0.1) is 0 Å². The summed E-state index contributed by atoms with van der Waals surface area (Å²) in [4.78, 5) is 13.1. The summed E-state index contributed by atoms with van der Waals surface area (Å²) in [5.41, 5.74) is 0.108. The maximum atomic E-state index is 13.1. The maximum absolute atomic E-state index is 13.1. The van der Waals surface area contributed by atoms with E-state index in [0.717, 1.165) is 6.07 Å². The highest BCUT2D eigenvalue weighted by atomic mass is 35.5. The fraction of sp³-hybridized carbons (Fsp3) is 0.250. The highest BCUT2D eigenvalue weighted by Gasteiger charge is 2.33. The lowest BCUT2D eigenvalue weighted by Gasteiger charge is -2.21. The smallest absolute Gasteiger partial charge is 0.350 e. The number of anilines is 3. The maximum Gasteiger partial charge on any atom is 0.417 e. The van der Waals surface area contributed by atoms with Crippen LogP contribution in [0.15, 0.2) is 48.7 Å². The molecule has 5 nitrogen and oxygen atoms in total. The Hall–Kier alpha value is -2.87. The van der Waals surface area contributed by atoms with Crippen molar-refractivity contribution in [2.45, 2.75) is 32.5 Å². The Labute approximate surface area is 171 Å². The number of benzene rings is 1. The zero-order chi connectivity index (χ0) is 21.2. The van der Waals surface area contributed by atoms with Gasteiger partial charge in [-0.25, -0.2) is 4.98 Å². The highest BCUT2D eigenvalue weighted by molar-refractivity contribution is 6.31. The Morgan fingerprint density at radius 3 is 2.31 bits per heavy atom. The summed E-state index contributed by atoms with van der Waals surface area (Å²) < 4.78 is 39.4. The van der Waals surface area contributed by atoms with E-state index < -0.39 is 11.7 Å². The SMILES string of the molecule is CC(C)(C)Nc1nc(Nc2ccc(Cl)c(C(F)(F)F)c2)cc(-c2ccccn2)n1. The normalized spacial score (nSPS) is 12.0. The van der Waals surface area contributed by atoms with Crippen molar-refractivity contribution in [1.29, 1.82) is 0 Å². The number of rotatable bonds is 4. The summed E-state index contributed by atoms with van der Waals surface area (Å²) in [5.74, 6) is 0.649. The molecule has 3 aromatic rings. The van der Waals surface area contributed by atoms with Crippen molar-refractivity contribution >= 4 is 29.1 Å². The molecule has 0 aliphatic rings. The fourth-order valence-corrected chi connectivity index (χ4v) is 2.74. The van der Waals surface area contributed by atoms with Crippen molar-refractivity contribution in [3.8, 4) is 11.4 Å². The van der Waals surface area contributed by atoms with Crippen LogP contribution in [-0.4, -0.2) is 20.5 Å². The molecule has 2 heterocycles. The Balaban J connectivity index is 2.01. The molecule has 0 aliphatic heterocycles. The molecular formula is C20H19ClF3N5. The van der Waals surface area contributed by atoms with E-state index >= 15 is 0 Å². The monoisotopic (exact) mass is 421 g/mol. The van der Waals surface area contributed by atoms with Gasteiger partial charge in [-0.05, 0) is 51.1 Å². The third-order valence-corrected chi connectivity index (χ3v) is 4.01. The first-order valence-corrected chi connectivity index (χ1v) is 9.11. The number of aromatic nitrogens is 3. The predicted octanol–water partition coefficient (Wildman–Crippen LogP) is 6.16. The van der Waals surface area contributed by atoms with Crippen LogP contribution in [0.1, 0.15) is 26.3 Å². The van der Waals surface area contributed by atoms with Crippen LogP contribution in [0.5, 0.6) is 0 Å². The minimum atomic E-state index is -4.56. The number of halogens is 4. The predicted molar refractivity (Wildman–Crippen MR) is 108 cm³/mol. The molecule has 1 aromatic carbocycles. The molecule has 0 aliphatic carbocycles. The van der Waals surface area contributed by atoms with E-state index in [0.29, 0.717) is 23.2 Å². The van der Waals surface area contributed by atoms with Crippen LogP contribution in [0.4, 0.5) is 30.6 Å². The number of hydrogen-bond acceptors (Lipinski definition) is 5. The molecule has 3 rings (SSSR count). The Morgan fingerprint density at radius 1 is 0.931 bits per heavy atom. The second kappa shape index (κ2) is 7.87. The lowest BCUT2D eigenvalue weighted by atomic mass is 10.1. The van der Waals surface area contributed by atoms with Gasteiger partial charge in [-0.3, -0.25) is 4.98 Å². The Bertz CT molecular complexity index is 1000. The van der Waals surface area contributed by atoms with Gasteiger partial charge in [0.2, 0.25) is 5.95 Å². The number of pyridine rings is 1. The van der Waals surface area contributed by atoms with Crippen LogP contribution in [0.3, 0.4) is 0 Å². The molecule has 0 saturated heterocycles. The van der Waals surface area contributed by atoms with Crippen LogP contribution >= 0.6 is 11.6 Å². The molecule has 0 amide bonds. The number of nitrogens with zero attached hydrogens (tertiary/aromatic N) is 3. The van der Waals surface area contributed by atoms with Crippen LogP contribution in [0.25, 0.3) is 11.4 Å². The molecule has 2 aromatic heterocycles. The van der Waals surface area contributed by atoms with E-state index in [2.05, 4.69) is 25.6 Å². The van der Waals surface area contributed by atoms with Gasteiger partial charge in [-0.15, -0.1) is 0 Å². The summed E-state index contributed by atoms with van der Waals surface area (Å²) in [6.07, 6.45) is -2.92. The van der Waals surface area contributed by atoms with Gasteiger partial charge in [0.1, 0.15) is 5.82 Å². The van der Waals surface area contributed by atoms with Crippen molar-refractivity contribution < 1.29 is 13.2 Å².